The van der Waals surface area contributed by atoms with E-state index in [1.165, 1.54) is 264 Å². The minimum Gasteiger partial charge on any atom is -0.315 e. The van der Waals surface area contributed by atoms with E-state index < -0.39 is 0 Å². The first-order chi connectivity index (χ1) is 38.2. The van der Waals surface area contributed by atoms with Crippen molar-refractivity contribution in [2.24, 2.45) is 47.3 Å². The minimum atomic E-state index is 0.818. The fourth-order valence-electron chi connectivity index (χ4n) is 25.6. The summed E-state index contributed by atoms with van der Waals surface area (Å²) in [7, 11) is 0. The highest BCUT2D eigenvalue weighted by Gasteiger charge is 2.59. The van der Waals surface area contributed by atoms with E-state index in [9.17, 15) is 0 Å². The molecule has 0 amide bonds. The van der Waals surface area contributed by atoms with Gasteiger partial charge in [-0.1, -0.05) is 103 Å². The monoisotopic (exact) mass is 1060 g/mol. The molecule has 2 N–H and O–H groups in total. The maximum Gasteiger partial charge on any atom is 0.0258 e. The molecule has 10 saturated carbocycles. The van der Waals surface area contributed by atoms with Gasteiger partial charge in [-0.15, -0.1) is 0 Å². The Labute approximate surface area is 473 Å². The Morgan fingerprint density at radius 1 is 0.234 bits per heavy atom. The van der Waals surface area contributed by atoms with Crippen molar-refractivity contribution >= 4 is 0 Å². The Kier molecular flexibility index (Phi) is 16.7. The molecule has 15 fully saturated rings. The van der Waals surface area contributed by atoms with E-state index >= 15 is 0 Å². The van der Waals surface area contributed by atoms with Crippen molar-refractivity contribution in [1.29, 1.82) is 0 Å². The van der Waals surface area contributed by atoms with Crippen LogP contribution in [-0.4, -0.2) is 141 Å². The van der Waals surface area contributed by atoms with E-state index in [0.29, 0.717) is 0 Å². The maximum absolute atomic E-state index is 4.03. The lowest BCUT2D eigenvalue weighted by atomic mass is 9.68. The minimum absolute atomic E-state index is 0.818. The fraction of sp³-hybridized carbons (Fsp3) is 1.00. The third-order valence-corrected chi connectivity index (χ3v) is 28.4. The van der Waals surface area contributed by atoms with Gasteiger partial charge in [0.15, 0.2) is 0 Å². The second-order valence-corrected chi connectivity index (χ2v) is 31.6. The summed E-state index contributed by atoms with van der Waals surface area (Å²) < 4.78 is 0. The van der Waals surface area contributed by atoms with Gasteiger partial charge >= 0.3 is 0 Å². The maximum atomic E-state index is 4.03. The predicted molar refractivity (Wildman–Crippen MR) is 318 cm³/mol. The van der Waals surface area contributed by atoms with Gasteiger partial charge in [0, 0.05) is 104 Å². The molecule has 0 bridgehead atoms. The van der Waals surface area contributed by atoms with Crippen molar-refractivity contribution in [3.05, 3.63) is 0 Å². The van der Waals surface area contributed by atoms with Crippen LogP contribution in [0.1, 0.15) is 276 Å². The Morgan fingerprint density at radius 3 is 1.03 bits per heavy atom. The zero-order valence-corrected chi connectivity index (χ0v) is 49.7. The molecule has 0 spiro atoms. The van der Waals surface area contributed by atoms with Crippen LogP contribution in [0.5, 0.6) is 0 Å². The number of nitrogens with zero attached hydrogens (tertiary/aromatic N) is 5. The van der Waals surface area contributed by atoms with Crippen LogP contribution in [0, 0.1) is 47.3 Å². The van der Waals surface area contributed by atoms with Crippen molar-refractivity contribution in [1.82, 2.24) is 35.1 Å². The van der Waals surface area contributed by atoms with Crippen molar-refractivity contribution in [2.45, 2.75) is 367 Å². The topological polar surface area (TPSA) is 40.3 Å². The molecule has 10 aliphatic carbocycles. The molecule has 7 nitrogen and oxygen atoms in total. The zero-order valence-electron chi connectivity index (χ0n) is 49.7. The van der Waals surface area contributed by atoms with Crippen LogP contribution in [0.15, 0.2) is 0 Å². The molecule has 15 rings (SSSR count). The Balaban J connectivity index is 0.702. The lowest BCUT2D eigenvalue weighted by Crippen LogP contribution is -2.59. The number of hydrogen-bond donors (Lipinski definition) is 2. The van der Waals surface area contributed by atoms with Crippen LogP contribution in [0.2, 0.25) is 0 Å². The molecule has 0 aromatic rings. The Hall–Kier alpha value is -0.280. The van der Waals surface area contributed by atoms with Gasteiger partial charge < -0.3 is 10.6 Å². The highest BCUT2D eigenvalue weighted by molar-refractivity contribution is 5.14. The average Bonchev–Trinajstić information content (AvgIpc) is 4.16. The van der Waals surface area contributed by atoms with Crippen LogP contribution in [0.4, 0.5) is 0 Å². The molecule has 5 heterocycles. The largest absolute Gasteiger partial charge is 0.315 e. The van der Waals surface area contributed by atoms with Crippen molar-refractivity contribution in [3.8, 4) is 0 Å². The van der Waals surface area contributed by atoms with Gasteiger partial charge in [0.25, 0.3) is 0 Å². The molecule has 0 radical (unpaired) electrons. The molecule has 77 heavy (non-hydrogen) atoms. The molecular weight excluding hydrogens is 939 g/mol. The van der Waals surface area contributed by atoms with E-state index in [0.717, 1.165) is 138 Å². The molecule has 16 atom stereocenters. The quantitative estimate of drug-likeness (QED) is 0.226. The molecule has 5 aliphatic heterocycles. The van der Waals surface area contributed by atoms with Crippen LogP contribution in [-0.2, 0) is 0 Å². The predicted octanol–water partition coefficient (Wildman–Crippen LogP) is 14.1. The number of fused-ring (bicyclic) bond motifs is 9. The van der Waals surface area contributed by atoms with E-state index in [4.69, 9.17) is 0 Å². The summed E-state index contributed by atoms with van der Waals surface area (Å²) in [5.41, 5.74) is 0. The first kappa shape index (κ1) is 53.4. The zero-order chi connectivity index (χ0) is 50.8. The molecule has 7 heteroatoms. The van der Waals surface area contributed by atoms with Gasteiger partial charge in [-0.25, -0.2) is 0 Å². The van der Waals surface area contributed by atoms with Crippen LogP contribution in [0.25, 0.3) is 0 Å². The fourth-order valence-corrected chi connectivity index (χ4v) is 25.6. The average molecular weight is 1060 g/mol. The van der Waals surface area contributed by atoms with Crippen LogP contribution in [0.3, 0.4) is 0 Å². The number of nitrogens with one attached hydrogen (secondary N) is 2. The SMILES string of the molecule is C1CCC(N(C2CCCCC2)C2CCC3C(C2)C2CC(N(C4CCCCC4)C4CCCCC4)CCC2N3C2CCC(C3CC(N4C5CCCCC5C5CCNCC54)CC(N4C5CCCCC5C5CCNCC54)C3)CC2)CC1. The summed E-state index contributed by atoms with van der Waals surface area (Å²) in [6.07, 6.45) is 65.2. The van der Waals surface area contributed by atoms with Crippen molar-refractivity contribution in [3.63, 3.8) is 0 Å². The second-order valence-electron chi connectivity index (χ2n) is 31.6. The van der Waals surface area contributed by atoms with E-state index in [1.807, 2.05) is 0 Å². The first-order valence-corrected chi connectivity index (χ1v) is 36.5. The normalized spacial score (nSPS) is 47.5. The number of likely N-dealkylation sites (tertiary alicyclic amines) is 3. The highest BCUT2D eigenvalue weighted by Crippen LogP contribution is 2.57. The number of piperidine rings is 2. The third kappa shape index (κ3) is 10.3. The van der Waals surface area contributed by atoms with Crippen molar-refractivity contribution in [2.75, 3.05) is 26.2 Å². The summed E-state index contributed by atoms with van der Waals surface area (Å²) >= 11 is 0. The summed E-state index contributed by atoms with van der Waals surface area (Å²) in [6, 6.07) is 13.0. The van der Waals surface area contributed by atoms with Crippen LogP contribution >= 0.6 is 0 Å². The highest BCUT2D eigenvalue weighted by atomic mass is 15.3. The van der Waals surface area contributed by atoms with Crippen molar-refractivity contribution < 1.29 is 0 Å². The van der Waals surface area contributed by atoms with E-state index in [1.54, 1.807) is 38.5 Å². The van der Waals surface area contributed by atoms with Gasteiger partial charge in [-0.05, 0) is 234 Å². The third-order valence-electron chi connectivity index (χ3n) is 28.4. The van der Waals surface area contributed by atoms with Gasteiger partial charge in [0.1, 0.15) is 0 Å². The first-order valence-electron chi connectivity index (χ1n) is 36.5. The molecular formula is C70H119N7. The van der Waals surface area contributed by atoms with E-state index in [-0.39, 0.29) is 0 Å². The van der Waals surface area contributed by atoms with Gasteiger partial charge in [0.2, 0.25) is 0 Å². The molecule has 434 valence electrons. The van der Waals surface area contributed by atoms with Gasteiger partial charge in [-0.3, -0.25) is 24.5 Å². The Bertz CT molecular complexity index is 1680. The summed E-state index contributed by atoms with van der Waals surface area (Å²) in [5, 5.41) is 8.05. The Morgan fingerprint density at radius 2 is 0.597 bits per heavy atom. The number of hydrogen-bond acceptors (Lipinski definition) is 7. The molecule has 5 saturated heterocycles. The smallest absolute Gasteiger partial charge is 0.0258 e. The van der Waals surface area contributed by atoms with E-state index in [2.05, 4.69) is 35.1 Å². The molecule has 15 aliphatic rings. The second kappa shape index (κ2) is 24.0. The molecule has 0 aromatic heterocycles. The lowest BCUT2D eigenvalue weighted by Gasteiger charge is -2.52. The summed E-state index contributed by atoms with van der Waals surface area (Å²) in [5.74, 6) is 7.75. The number of rotatable bonds is 10. The van der Waals surface area contributed by atoms with Crippen LogP contribution < -0.4 is 10.6 Å². The summed E-state index contributed by atoms with van der Waals surface area (Å²) in [4.78, 5) is 17.0. The lowest BCUT2D eigenvalue weighted by molar-refractivity contribution is -0.0272. The van der Waals surface area contributed by atoms with Gasteiger partial charge in [0.05, 0.1) is 0 Å². The molecule has 16 unspecified atom stereocenters. The summed E-state index contributed by atoms with van der Waals surface area (Å²) in [6.45, 7) is 5.14. The van der Waals surface area contributed by atoms with Gasteiger partial charge in [-0.2, -0.15) is 0 Å². The molecule has 0 aromatic carbocycles. The standard InChI is InChI=1S/C70H119N7/c1-5-17-50(18-6-1)73(51-19-7-2-8-20-51)55-33-35-67-63(44-55)64-45-56(74(52-21-9-3-10-22-52)53-23-11-4-12-24-53)34-36-68(64)75(67)54-31-29-48(30-32-54)49-41-57(76-65-27-15-13-25-59(65)61-37-39-71-46-69(61)76)43-58(42-49)77-66-28-16-14-26-60(66)62-38-40-72-47-70(62)77/h48-72H,1-47H2.